The third-order valence-corrected chi connectivity index (χ3v) is 5.47. The number of hydrogen-bond acceptors (Lipinski definition) is 4. The lowest BCUT2D eigenvalue weighted by Crippen LogP contribution is -2.28. The number of carbonyl (C=O) groups is 1. The van der Waals surface area contributed by atoms with E-state index in [9.17, 15) is 14.9 Å². The van der Waals surface area contributed by atoms with E-state index in [2.05, 4.69) is 16.4 Å². The second kappa shape index (κ2) is 7.35. The van der Waals surface area contributed by atoms with Crippen molar-refractivity contribution in [1.29, 1.82) is 5.26 Å². The molecule has 4 aromatic rings. The highest BCUT2D eigenvalue weighted by Crippen LogP contribution is 2.23. The topological polar surface area (TPSA) is 90.2 Å². The zero-order chi connectivity index (χ0) is 19.7. The highest BCUT2D eigenvalue weighted by atomic mass is 35.5. The van der Waals surface area contributed by atoms with E-state index < -0.39 is 17.5 Å². The minimum Gasteiger partial charge on any atom is -0.339 e. The predicted octanol–water partition coefficient (Wildman–Crippen LogP) is 4.00. The maximum atomic E-state index is 12.9. The normalized spacial score (nSPS) is 11.9. The molecule has 6 nitrogen and oxygen atoms in total. The quantitative estimate of drug-likeness (QED) is 0.534. The van der Waals surface area contributed by atoms with Crippen LogP contribution < -0.4 is 10.9 Å². The number of nitrogens with zero attached hydrogens (tertiary/aromatic N) is 2. The van der Waals surface area contributed by atoms with E-state index in [4.69, 9.17) is 11.6 Å². The summed E-state index contributed by atoms with van der Waals surface area (Å²) in [6.45, 7) is 0. The molecule has 8 heteroatoms. The Labute approximate surface area is 168 Å². The van der Waals surface area contributed by atoms with Crippen LogP contribution in [0.15, 0.2) is 64.9 Å². The van der Waals surface area contributed by atoms with Crippen molar-refractivity contribution in [2.45, 2.75) is 6.04 Å². The summed E-state index contributed by atoms with van der Waals surface area (Å²) in [6.07, 6.45) is 1.61. The minimum absolute atomic E-state index is 0.0779. The fourth-order valence-corrected chi connectivity index (χ4v) is 3.83. The highest BCUT2D eigenvalue weighted by Gasteiger charge is 2.21. The number of thiophene rings is 1. The lowest BCUT2D eigenvalue weighted by Gasteiger charge is -2.11. The van der Waals surface area contributed by atoms with Gasteiger partial charge in [0.2, 0.25) is 0 Å². The number of rotatable bonds is 4. The molecule has 3 heterocycles. The van der Waals surface area contributed by atoms with E-state index in [1.54, 1.807) is 12.3 Å². The number of aromatic nitrogens is 2. The lowest BCUT2D eigenvalue weighted by atomic mass is 10.2. The Morgan fingerprint density at radius 2 is 2.04 bits per heavy atom. The third-order valence-electron chi connectivity index (χ3n) is 4.26. The molecule has 0 saturated heterocycles. The van der Waals surface area contributed by atoms with E-state index in [1.807, 2.05) is 41.8 Å². The number of H-pyrrole nitrogens is 1. The van der Waals surface area contributed by atoms with E-state index in [0.29, 0.717) is 11.3 Å². The molecule has 0 radical (unpaired) electrons. The molecule has 1 aromatic carbocycles. The molecule has 0 bridgehead atoms. The number of aromatic amines is 1. The SMILES string of the molecule is N#CC(NC(=O)c1cc(Cl)c(=O)n2cc(-c3ccccc3)[nH]c12)c1cccs1. The van der Waals surface area contributed by atoms with E-state index in [0.717, 1.165) is 10.4 Å². The summed E-state index contributed by atoms with van der Waals surface area (Å²) in [4.78, 5) is 29.2. The van der Waals surface area contributed by atoms with Crippen molar-refractivity contribution < 1.29 is 4.79 Å². The number of pyridine rings is 1. The van der Waals surface area contributed by atoms with Crippen molar-refractivity contribution in [1.82, 2.24) is 14.7 Å². The first-order valence-electron chi connectivity index (χ1n) is 8.31. The number of nitrogens with one attached hydrogen (secondary N) is 2. The van der Waals surface area contributed by atoms with Crippen molar-refractivity contribution in [2.24, 2.45) is 0 Å². The Morgan fingerprint density at radius 1 is 1.25 bits per heavy atom. The molecule has 0 fully saturated rings. The third kappa shape index (κ3) is 3.20. The summed E-state index contributed by atoms with van der Waals surface area (Å²) in [6, 6.07) is 15.6. The van der Waals surface area contributed by atoms with Gasteiger partial charge >= 0.3 is 0 Å². The van der Waals surface area contributed by atoms with Crippen LogP contribution in [0.4, 0.5) is 0 Å². The first-order chi connectivity index (χ1) is 13.6. The first-order valence-corrected chi connectivity index (χ1v) is 9.57. The van der Waals surface area contributed by atoms with Gasteiger partial charge in [-0.25, -0.2) is 0 Å². The number of halogens is 1. The predicted molar refractivity (Wildman–Crippen MR) is 109 cm³/mol. The molecule has 0 aliphatic heterocycles. The van der Waals surface area contributed by atoms with Crippen LogP contribution in [0.3, 0.4) is 0 Å². The number of nitriles is 1. The maximum absolute atomic E-state index is 12.9. The Bertz CT molecular complexity index is 1250. The molecule has 2 N–H and O–H groups in total. The smallest absolute Gasteiger partial charge is 0.275 e. The van der Waals surface area contributed by atoms with Crippen LogP contribution in [-0.4, -0.2) is 15.3 Å². The zero-order valence-electron chi connectivity index (χ0n) is 14.3. The van der Waals surface area contributed by atoms with Crippen molar-refractivity contribution in [3.8, 4) is 17.3 Å². The number of imidazole rings is 1. The van der Waals surface area contributed by atoms with Gasteiger partial charge in [-0.2, -0.15) is 5.26 Å². The Balaban J connectivity index is 1.79. The molecule has 0 spiro atoms. The number of fused-ring (bicyclic) bond motifs is 1. The summed E-state index contributed by atoms with van der Waals surface area (Å²) in [7, 11) is 0. The van der Waals surface area contributed by atoms with Crippen LogP contribution in [0.2, 0.25) is 5.02 Å². The summed E-state index contributed by atoms with van der Waals surface area (Å²) >= 11 is 7.45. The van der Waals surface area contributed by atoms with Gasteiger partial charge in [0, 0.05) is 11.1 Å². The fraction of sp³-hybridized carbons (Fsp3) is 0.0500. The van der Waals surface area contributed by atoms with Crippen LogP contribution in [0.25, 0.3) is 16.9 Å². The summed E-state index contributed by atoms with van der Waals surface area (Å²) < 4.78 is 1.31. The molecule has 3 aromatic heterocycles. The van der Waals surface area contributed by atoms with Crippen molar-refractivity contribution in [3.05, 3.63) is 85.9 Å². The second-order valence-electron chi connectivity index (χ2n) is 6.01. The molecule has 0 aliphatic carbocycles. The molecule has 0 aliphatic rings. The Kier molecular flexibility index (Phi) is 4.74. The van der Waals surface area contributed by atoms with Gasteiger partial charge < -0.3 is 10.3 Å². The van der Waals surface area contributed by atoms with Crippen LogP contribution >= 0.6 is 22.9 Å². The molecule has 28 heavy (non-hydrogen) atoms. The van der Waals surface area contributed by atoms with Crippen LogP contribution in [0, 0.1) is 11.3 Å². The van der Waals surface area contributed by atoms with E-state index in [1.165, 1.54) is 21.8 Å². The van der Waals surface area contributed by atoms with Gasteiger partial charge in [0.25, 0.3) is 11.5 Å². The number of amides is 1. The molecule has 1 unspecified atom stereocenters. The highest BCUT2D eigenvalue weighted by molar-refractivity contribution is 7.10. The molecule has 1 amide bonds. The minimum atomic E-state index is -0.790. The van der Waals surface area contributed by atoms with Crippen molar-refractivity contribution in [2.75, 3.05) is 0 Å². The molecule has 0 saturated carbocycles. The standard InChI is InChI=1S/C20H13ClN4O2S/c21-14-9-13(19(26)24-15(10-22)17-7-4-8-28-17)18-23-16(11-25(18)20(14)27)12-5-2-1-3-6-12/h1-9,11,15,23H,(H,24,26). The lowest BCUT2D eigenvalue weighted by molar-refractivity contribution is 0.0946. The average molecular weight is 409 g/mol. The largest absolute Gasteiger partial charge is 0.339 e. The average Bonchev–Trinajstić information content (AvgIpc) is 3.39. The van der Waals surface area contributed by atoms with Gasteiger partial charge in [-0.3, -0.25) is 14.0 Å². The maximum Gasteiger partial charge on any atom is 0.275 e. The Morgan fingerprint density at radius 3 is 2.71 bits per heavy atom. The monoisotopic (exact) mass is 408 g/mol. The molecular formula is C20H13ClN4O2S. The van der Waals surface area contributed by atoms with E-state index in [-0.39, 0.29) is 10.6 Å². The number of benzene rings is 1. The van der Waals surface area contributed by atoms with Crippen molar-refractivity contribution >= 4 is 34.5 Å². The molecule has 1 atom stereocenters. The van der Waals surface area contributed by atoms with Gasteiger partial charge in [-0.1, -0.05) is 48.0 Å². The van der Waals surface area contributed by atoms with Crippen LogP contribution in [0.5, 0.6) is 0 Å². The summed E-state index contributed by atoms with van der Waals surface area (Å²) in [5.74, 6) is -0.499. The van der Waals surface area contributed by atoms with Gasteiger partial charge in [0.1, 0.15) is 10.7 Å². The number of carbonyl (C=O) groups excluding carboxylic acids is 1. The number of hydrogen-bond donors (Lipinski definition) is 2. The van der Waals surface area contributed by atoms with Gasteiger partial charge in [0.15, 0.2) is 6.04 Å². The van der Waals surface area contributed by atoms with Gasteiger partial charge in [-0.15, -0.1) is 11.3 Å². The first kappa shape index (κ1) is 18.0. The van der Waals surface area contributed by atoms with E-state index >= 15 is 0 Å². The van der Waals surface area contributed by atoms with Crippen LogP contribution in [-0.2, 0) is 0 Å². The summed E-state index contributed by atoms with van der Waals surface area (Å²) in [5, 5.41) is 13.9. The van der Waals surface area contributed by atoms with Crippen molar-refractivity contribution in [3.63, 3.8) is 0 Å². The second-order valence-corrected chi connectivity index (χ2v) is 7.40. The van der Waals surface area contributed by atoms with Crippen LogP contribution in [0.1, 0.15) is 21.3 Å². The molecule has 138 valence electrons. The fourth-order valence-electron chi connectivity index (χ4n) is 2.91. The van der Waals surface area contributed by atoms with Gasteiger partial charge in [0.05, 0.1) is 17.3 Å². The van der Waals surface area contributed by atoms with Gasteiger partial charge in [-0.05, 0) is 23.1 Å². The summed E-state index contributed by atoms with van der Waals surface area (Å²) in [5.41, 5.74) is 1.60. The molecular weight excluding hydrogens is 396 g/mol. The zero-order valence-corrected chi connectivity index (χ0v) is 15.9. The Hall–Kier alpha value is -3.34. The molecule has 4 rings (SSSR count).